The maximum absolute atomic E-state index is 12.4. The lowest BCUT2D eigenvalue weighted by Gasteiger charge is -2.13. The Balaban J connectivity index is 1.56. The molecule has 0 aliphatic heterocycles. The zero-order valence-electron chi connectivity index (χ0n) is 18.4. The van der Waals surface area contributed by atoms with Gasteiger partial charge in [0.25, 0.3) is 0 Å². The quantitative estimate of drug-likeness (QED) is 0.467. The second kappa shape index (κ2) is 9.40. The van der Waals surface area contributed by atoms with Crippen molar-refractivity contribution in [3.63, 3.8) is 0 Å². The van der Waals surface area contributed by atoms with Crippen molar-refractivity contribution in [2.45, 2.75) is 38.0 Å². The number of thiazole rings is 1. The minimum atomic E-state index is -3.84. The molecule has 1 heterocycles. The van der Waals surface area contributed by atoms with Gasteiger partial charge >= 0.3 is 5.97 Å². The molecule has 1 aromatic heterocycles. The number of carboxylic acid groups (broad SMARTS) is 1. The van der Waals surface area contributed by atoms with Crippen LogP contribution in [0.4, 0.5) is 0 Å². The zero-order chi connectivity index (χ0) is 23.5. The summed E-state index contributed by atoms with van der Waals surface area (Å²) in [7, 11) is -3.84. The van der Waals surface area contributed by atoms with Crippen LogP contribution in [0.1, 0.15) is 41.7 Å². The molecular formula is C23H26N2O5S2. The first-order valence-corrected chi connectivity index (χ1v) is 12.4. The molecule has 0 aliphatic rings. The van der Waals surface area contributed by atoms with Gasteiger partial charge in [-0.2, -0.15) is 0 Å². The van der Waals surface area contributed by atoms with Gasteiger partial charge in [0.2, 0.25) is 10.0 Å². The highest BCUT2D eigenvalue weighted by Crippen LogP contribution is 2.30. The van der Waals surface area contributed by atoms with E-state index < -0.39 is 16.0 Å². The molecule has 9 heteroatoms. The minimum Gasteiger partial charge on any atom is -0.492 e. The first-order valence-electron chi connectivity index (χ1n) is 10.0. The lowest BCUT2D eigenvalue weighted by molar-refractivity contribution is 0.0696. The van der Waals surface area contributed by atoms with E-state index in [1.165, 1.54) is 12.1 Å². The van der Waals surface area contributed by atoms with Gasteiger partial charge in [-0.25, -0.2) is 22.9 Å². The van der Waals surface area contributed by atoms with Gasteiger partial charge in [-0.3, -0.25) is 0 Å². The van der Waals surface area contributed by atoms with Crippen molar-refractivity contribution in [1.29, 1.82) is 0 Å². The van der Waals surface area contributed by atoms with Gasteiger partial charge < -0.3 is 9.84 Å². The third kappa shape index (κ3) is 5.73. The summed E-state index contributed by atoms with van der Waals surface area (Å²) in [6, 6.07) is 11.5. The number of ether oxygens (including phenoxy) is 1. The van der Waals surface area contributed by atoms with Crippen molar-refractivity contribution in [1.82, 2.24) is 9.71 Å². The molecule has 0 atom stereocenters. The molecule has 0 radical (unpaired) electrons. The lowest BCUT2D eigenvalue weighted by atomic mass is 9.98. The number of aromatic nitrogens is 1. The number of hydrogen-bond donors (Lipinski definition) is 2. The van der Waals surface area contributed by atoms with Gasteiger partial charge in [0.05, 0.1) is 21.2 Å². The van der Waals surface area contributed by atoms with Crippen LogP contribution in [0.5, 0.6) is 5.75 Å². The van der Waals surface area contributed by atoms with Crippen molar-refractivity contribution in [3.8, 4) is 17.0 Å². The highest BCUT2D eigenvalue weighted by Gasteiger charge is 2.19. The molecule has 0 saturated carbocycles. The molecule has 170 valence electrons. The van der Waals surface area contributed by atoms with E-state index in [4.69, 9.17) is 9.72 Å². The summed E-state index contributed by atoms with van der Waals surface area (Å²) < 4.78 is 32.9. The Hall–Kier alpha value is -2.75. The fourth-order valence-corrected chi connectivity index (χ4v) is 4.86. The third-order valence-electron chi connectivity index (χ3n) is 4.71. The van der Waals surface area contributed by atoms with E-state index in [0.29, 0.717) is 11.3 Å². The van der Waals surface area contributed by atoms with Crippen LogP contribution in [0, 0.1) is 6.92 Å². The van der Waals surface area contributed by atoms with E-state index in [1.54, 1.807) is 18.3 Å². The molecule has 0 aliphatic carbocycles. The maximum Gasteiger partial charge on any atom is 0.335 e. The monoisotopic (exact) mass is 474 g/mol. The Morgan fingerprint density at radius 1 is 1.16 bits per heavy atom. The van der Waals surface area contributed by atoms with Gasteiger partial charge in [-0.05, 0) is 48.9 Å². The highest BCUT2D eigenvalue weighted by molar-refractivity contribution is 7.89. The van der Waals surface area contributed by atoms with E-state index in [9.17, 15) is 18.3 Å². The third-order valence-corrected chi connectivity index (χ3v) is 7.44. The van der Waals surface area contributed by atoms with Crippen LogP contribution in [-0.4, -0.2) is 37.6 Å². The lowest BCUT2D eigenvalue weighted by Crippen LogP contribution is -2.28. The molecule has 0 unspecified atom stereocenters. The van der Waals surface area contributed by atoms with Crippen LogP contribution in [0.2, 0.25) is 0 Å². The Morgan fingerprint density at radius 3 is 2.44 bits per heavy atom. The molecule has 7 nitrogen and oxygen atoms in total. The summed E-state index contributed by atoms with van der Waals surface area (Å²) in [5.74, 6) is -0.554. The fourth-order valence-electron chi connectivity index (χ4n) is 2.90. The normalized spacial score (nSPS) is 12.0. The van der Waals surface area contributed by atoms with E-state index in [1.807, 2.05) is 29.6 Å². The predicted molar refractivity (Wildman–Crippen MR) is 125 cm³/mol. The summed E-state index contributed by atoms with van der Waals surface area (Å²) in [6.07, 6.45) is 0. The maximum atomic E-state index is 12.4. The number of carbonyl (C=O) groups is 1. The van der Waals surface area contributed by atoms with Crippen LogP contribution >= 0.6 is 11.3 Å². The van der Waals surface area contributed by atoms with Crippen LogP contribution in [0.3, 0.4) is 0 Å². The number of nitrogens with zero attached hydrogens (tertiary/aromatic N) is 1. The highest BCUT2D eigenvalue weighted by atomic mass is 32.2. The molecule has 0 amide bonds. The van der Waals surface area contributed by atoms with Gasteiger partial charge in [-0.15, -0.1) is 11.3 Å². The van der Waals surface area contributed by atoms with Crippen LogP contribution < -0.4 is 9.46 Å². The van der Waals surface area contributed by atoms with Crippen LogP contribution in [0.15, 0.2) is 52.7 Å². The molecule has 2 N–H and O–H groups in total. The summed E-state index contributed by atoms with van der Waals surface area (Å²) in [6.45, 7) is 8.17. The molecule has 0 fully saturated rings. The van der Waals surface area contributed by atoms with Crippen molar-refractivity contribution < 1.29 is 23.1 Å². The number of aryl methyl sites for hydroxylation is 1. The van der Waals surface area contributed by atoms with Gasteiger partial charge in [0.1, 0.15) is 12.4 Å². The number of benzene rings is 2. The number of hydrogen-bond acceptors (Lipinski definition) is 6. The Kier molecular flexibility index (Phi) is 7.02. The second-order valence-electron chi connectivity index (χ2n) is 8.34. The number of carboxylic acids is 1. The number of rotatable bonds is 8. The molecule has 3 aromatic rings. The molecule has 0 bridgehead atoms. The first-order chi connectivity index (χ1) is 15.0. The molecule has 2 aromatic carbocycles. The topological polar surface area (TPSA) is 106 Å². The minimum absolute atomic E-state index is 0.00702. The predicted octanol–water partition coefficient (Wildman–Crippen LogP) is 4.47. The van der Waals surface area contributed by atoms with Crippen molar-refractivity contribution in [2.75, 3.05) is 13.2 Å². The van der Waals surface area contributed by atoms with Crippen molar-refractivity contribution in [3.05, 3.63) is 64.0 Å². The first kappa shape index (κ1) is 23.9. The second-order valence-corrected chi connectivity index (χ2v) is 11.0. The summed E-state index contributed by atoms with van der Waals surface area (Å²) in [5, 5.41) is 12.3. The van der Waals surface area contributed by atoms with Crippen molar-refractivity contribution in [2.24, 2.45) is 0 Å². The number of aromatic carboxylic acids is 1. The molecule has 32 heavy (non-hydrogen) atoms. The fraction of sp³-hybridized carbons (Fsp3) is 0.304. The Bertz CT molecular complexity index is 1210. The molecular weight excluding hydrogens is 448 g/mol. The average Bonchev–Trinajstić information content (AvgIpc) is 3.22. The number of nitrogens with one attached hydrogen (secondary N) is 1. The van der Waals surface area contributed by atoms with Gasteiger partial charge in [0, 0.05) is 22.9 Å². The molecule has 0 spiro atoms. The van der Waals surface area contributed by atoms with Gasteiger partial charge in [0.15, 0.2) is 0 Å². The summed E-state index contributed by atoms with van der Waals surface area (Å²) in [4.78, 5) is 15.8. The summed E-state index contributed by atoms with van der Waals surface area (Å²) in [5.41, 5.74) is 2.36. The average molecular weight is 475 g/mol. The van der Waals surface area contributed by atoms with E-state index >= 15 is 0 Å². The zero-order valence-corrected chi connectivity index (χ0v) is 20.0. The van der Waals surface area contributed by atoms with E-state index in [2.05, 4.69) is 25.5 Å². The van der Waals surface area contributed by atoms with Crippen LogP contribution in [0.25, 0.3) is 11.3 Å². The van der Waals surface area contributed by atoms with E-state index in [-0.39, 0.29) is 29.0 Å². The van der Waals surface area contributed by atoms with Crippen molar-refractivity contribution >= 4 is 27.3 Å². The molecule has 0 saturated heterocycles. The molecule has 3 rings (SSSR count). The Labute approximate surface area is 192 Å². The largest absolute Gasteiger partial charge is 0.492 e. The smallest absolute Gasteiger partial charge is 0.335 e. The van der Waals surface area contributed by atoms with E-state index in [0.717, 1.165) is 22.3 Å². The number of sulfonamides is 1. The Morgan fingerprint density at radius 2 is 1.84 bits per heavy atom. The van der Waals surface area contributed by atoms with Gasteiger partial charge in [-0.1, -0.05) is 26.8 Å². The standard InChI is InChI=1S/C23H26N2O5S2/c1-15-5-10-18(13-19(15)21(26)27)32(28,29)24-11-12-30-17-8-6-16(7-9-17)20-14-31-22(25-20)23(2,3)4/h5-10,13-14,24H,11-12H2,1-4H3,(H,26,27). The van der Waals surface area contributed by atoms with Crippen LogP contribution in [-0.2, 0) is 15.4 Å². The summed E-state index contributed by atoms with van der Waals surface area (Å²) >= 11 is 1.64. The SMILES string of the molecule is Cc1ccc(S(=O)(=O)NCCOc2ccc(-c3csc(C(C)(C)C)n3)cc2)cc1C(=O)O.